The van der Waals surface area contributed by atoms with Gasteiger partial charge in [0.15, 0.2) is 0 Å². The number of guanidine groups is 1. The molecule has 12 nitrogen and oxygen atoms in total. The van der Waals surface area contributed by atoms with Crippen molar-refractivity contribution in [3.05, 3.63) is 92.1 Å². The maximum absolute atomic E-state index is 13.8. The molecule has 1 aliphatic heterocycles. The van der Waals surface area contributed by atoms with Gasteiger partial charge in [0.1, 0.15) is 17.4 Å². The summed E-state index contributed by atoms with van der Waals surface area (Å²) in [4.78, 5) is 32.9. The smallest absolute Gasteiger partial charge is 0.313 e. The van der Waals surface area contributed by atoms with E-state index >= 15 is 0 Å². The van der Waals surface area contributed by atoms with Crippen LogP contribution in [0.25, 0.3) is 11.1 Å². The van der Waals surface area contributed by atoms with Crippen molar-refractivity contribution >= 4 is 46.3 Å². The highest BCUT2D eigenvalue weighted by molar-refractivity contribution is 6.31. The third kappa shape index (κ3) is 4.91. The predicted octanol–water partition coefficient (Wildman–Crippen LogP) is 3.96. The van der Waals surface area contributed by atoms with Gasteiger partial charge in [-0.25, -0.2) is 9.38 Å². The van der Waals surface area contributed by atoms with Crippen LogP contribution in [0.3, 0.4) is 0 Å². The fourth-order valence-corrected chi connectivity index (χ4v) is 4.33. The van der Waals surface area contributed by atoms with Crippen molar-refractivity contribution in [2.45, 2.75) is 19.5 Å². The second kappa shape index (κ2) is 9.94. The third-order valence-electron chi connectivity index (χ3n) is 5.77. The molecule has 0 spiro atoms. The summed E-state index contributed by atoms with van der Waals surface area (Å²) >= 11 is 6.35. The number of benzene rings is 2. The van der Waals surface area contributed by atoms with Crippen molar-refractivity contribution in [3.63, 3.8) is 0 Å². The topological polar surface area (TPSA) is 153 Å². The van der Waals surface area contributed by atoms with E-state index in [2.05, 4.69) is 31.0 Å². The Morgan fingerprint density at radius 3 is 2.87 bits per heavy atom. The highest BCUT2D eigenvalue weighted by atomic mass is 35.5. The number of carbonyl (C=O) groups is 1. The Hall–Kier alpha value is -4.78. The first-order chi connectivity index (χ1) is 18.2. The van der Waals surface area contributed by atoms with E-state index in [1.165, 1.54) is 24.3 Å². The summed E-state index contributed by atoms with van der Waals surface area (Å²) in [6.45, 7) is 1.90. The minimum absolute atomic E-state index is 0.00253. The number of hydrogen-bond acceptors (Lipinski definition) is 9. The van der Waals surface area contributed by atoms with Crippen LogP contribution in [0.15, 0.2) is 69.5 Å². The van der Waals surface area contributed by atoms with Gasteiger partial charge in [-0.3, -0.25) is 24.9 Å². The van der Waals surface area contributed by atoms with Crippen molar-refractivity contribution in [3.8, 4) is 0 Å². The predicted molar refractivity (Wildman–Crippen MR) is 137 cm³/mol. The van der Waals surface area contributed by atoms with Gasteiger partial charge in [-0.05, 0) is 25.1 Å². The summed E-state index contributed by atoms with van der Waals surface area (Å²) in [5, 5.41) is 24.2. The zero-order chi connectivity index (χ0) is 27.0. The van der Waals surface area contributed by atoms with Crippen LogP contribution in [0.2, 0.25) is 5.02 Å². The molecule has 4 aromatic rings. The molecule has 0 fully saturated rings. The van der Waals surface area contributed by atoms with Gasteiger partial charge >= 0.3 is 11.7 Å². The summed E-state index contributed by atoms with van der Waals surface area (Å²) in [5.41, 5.74) is 1.94. The van der Waals surface area contributed by atoms with E-state index < -0.39 is 22.7 Å². The average Bonchev–Trinajstić information content (AvgIpc) is 3.47. The maximum Gasteiger partial charge on any atom is 0.313 e. The van der Waals surface area contributed by atoms with Crippen LogP contribution >= 0.6 is 11.6 Å². The molecule has 1 amide bonds. The van der Waals surface area contributed by atoms with Crippen molar-refractivity contribution in [1.29, 1.82) is 0 Å². The number of aliphatic imine (C=N–C) groups is 1. The van der Waals surface area contributed by atoms with Gasteiger partial charge in [-0.15, -0.1) is 0 Å². The van der Waals surface area contributed by atoms with Gasteiger partial charge in [0.05, 0.1) is 16.7 Å². The number of nitro benzene ring substituents is 1. The standard InChI is InChI=1S/C24H20ClFN8O4/c1-12-19(22(35)27-9-13-10-28-33(2)11-13)20(15-7-6-14(26)8-16(15)25)31-23(29-12)32-24-30-17-4-3-5-18(34(36)37)21(17)38-24/h3-8,10-11,20H,9H2,1-2H3,(H,27,35)(H2,29,30,31,32). The molecule has 3 N–H and O–H groups in total. The number of para-hydroxylation sites is 1. The number of nitrogens with one attached hydrogen (secondary N) is 3. The van der Waals surface area contributed by atoms with Crippen molar-refractivity contribution < 1.29 is 18.5 Å². The number of anilines is 1. The Bertz CT molecular complexity index is 1640. The molecular weight excluding hydrogens is 519 g/mol. The Balaban J connectivity index is 1.47. The van der Waals surface area contributed by atoms with Gasteiger partial charge in [0.2, 0.25) is 11.5 Å². The molecule has 38 heavy (non-hydrogen) atoms. The van der Waals surface area contributed by atoms with Crippen molar-refractivity contribution in [2.75, 3.05) is 5.32 Å². The summed E-state index contributed by atoms with van der Waals surface area (Å²) in [7, 11) is 1.77. The first-order valence-electron chi connectivity index (χ1n) is 11.3. The number of aryl methyl sites for hydroxylation is 1. The lowest BCUT2D eigenvalue weighted by molar-refractivity contribution is -0.383. The van der Waals surface area contributed by atoms with Gasteiger partial charge in [-0.2, -0.15) is 10.1 Å². The number of nitrogens with zero attached hydrogens (tertiary/aromatic N) is 5. The van der Waals surface area contributed by atoms with E-state index in [0.29, 0.717) is 11.3 Å². The van der Waals surface area contributed by atoms with Crippen LogP contribution in [-0.4, -0.2) is 31.6 Å². The number of carbonyl (C=O) groups excluding carboxylic acids is 1. The van der Waals surface area contributed by atoms with Gasteiger partial charge < -0.3 is 15.1 Å². The Morgan fingerprint density at radius 1 is 1.34 bits per heavy atom. The van der Waals surface area contributed by atoms with E-state index in [1.54, 1.807) is 37.1 Å². The van der Waals surface area contributed by atoms with Crippen molar-refractivity contribution in [2.24, 2.45) is 12.0 Å². The van der Waals surface area contributed by atoms with E-state index in [4.69, 9.17) is 16.0 Å². The largest absolute Gasteiger partial charge is 0.416 e. The Labute approximate surface area is 219 Å². The van der Waals surface area contributed by atoms with Gasteiger partial charge in [-0.1, -0.05) is 23.7 Å². The summed E-state index contributed by atoms with van der Waals surface area (Å²) in [6, 6.07) is 7.24. The first kappa shape index (κ1) is 24.9. The zero-order valence-electron chi connectivity index (χ0n) is 20.0. The number of fused-ring (bicyclic) bond motifs is 1. The number of non-ortho nitro benzene ring substituents is 1. The SMILES string of the molecule is CC1=C(C(=O)NCc2cnn(C)c2)C(c2ccc(F)cc2Cl)N=C(Nc2nc3cccc([N+](=O)[O-])c3o2)N1. The average molecular weight is 539 g/mol. The minimum Gasteiger partial charge on any atom is -0.416 e. The van der Waals surface area contributed by atoms with Crippen LogP contribution in [-0.2, 0) is 18.4 Å². The minimum atomic E-state index is -0.917. The molecule has 0 radical (unpaired) electrons. The zero-order valence-corrected chi connectivity index (χ0v) is 20.8. The molecule has 14 heteroatoms. The maximum atomic E-state index is 13.8. The summed E-state index contributed by atoms with van der Waals surface area (Å²) in [6.07, 6.45) is 3.42. The Kier molecular flexibility index (Phi) is 6.51. The fourth-order valence-electron chi connectivity index (χ4n) is 4.06. The second-order valence-electron chi connectivity index (χ2n) is 8.44. The quantitative estimate of drug-likeness (QED) is 0.246. The van der Waals surface area contributed by atoms with E-state index in [9.17, 15) is 19.3 Å². The number of hydrogen-bond donors (Lipinski definition) is 3. The summed E-state index contributed by atoms with van der Waals surface area (Å²) in [5.74, 6) is -0.804. The molecule has 1 unspecified atom stereocenters. The van der Waals surface area contributed by atoms with E-state index in [0.717, 1.165) is 11.6 Å². The molecule has 5 rings (SSSR count). The van der Waals surface area contributed by atoms with E-state index in [1.807, 2.05) is 0 Å². The molecule has 2 aromatic carbocycles. The number of aromatic nitrogens is 3. The van der Waals surface area contributed by atoms with Gasteiger partial charge in [0.25, 0.3) is 5.91 Å². The number of halogens is 2. The normalized spacial score (nSPS) is 15.3. The molecule has 1 aliphatic rings. The fraction of sp³-hybridized carbons (Fsp3) is 0.167. The molecule has 3 heterocycles. The van der Waals surface area contributed by atoms with E-state index in [-0.39, 0.29) is 45.9 Å². The van der Waals surface area contributed by atoms with Crippen LogP contribution in [0, 0.1) is 15.9 Å². The number of nitro groups is 1. The number of amides is 1. The van der Waals surface area contributed by atoms with Gasteiger partial charge in [0, 0.05) is 47.7 Å². The highest BCUT2D eigenvalue weighted by Gasteiger charge is 2.31. The lowest BCUT2D eigenvalue weighted by atomic mass is 9.95. The molecule has 194 valence electrons. The first-order valence-corrected chi connectivity index (χ1v) is 11.6. The van der Waals surface area contributed by atoms with Crippen LogP contribution in [0.4, 0.5) is 16.1 Å². The second-order valence-corrected chi connectivity index (χ2v) is 8.85. The molecule has 1 atom stereocenters. The number of rotatable bonds is 6. The third-order valence-corrected chi connectivity index (χ3v) is 6.10. The molecular formula is C24H20ClFN8O4. The molecule has 0 bridgehead atoms. The molecule has 0 saturated carbocycles. The summed E-state index contributed by atoms with van der Waals surface area (Å²) < 4.78 is 21.0. The molecule has 0 saturated heterocycles. The number of oxazole rings is 1. The van der Waals surface area contributed by atoms with Crippen LogP contribution in [0.5, 0.6) is 0 Å². The highest BCUT2D eigenvalue weighted by Crippen LogP contribution is 2.36. The Morgan fingerprint density at radius 2 is 2.16 bits per heavy atom. The lowest BCUT2D eigenvalue weighted by Gasteiger charge is -2.27. The van der Waals surface area contributed by atoms with Crippen molar-refractivity contribution in [1.82, 2.24) is 25.4 Å². The monoisotopic (exact) mass is 538 g/mol. The lowest BCUT2D eigenvalue weighted by Crippen LogP contribution is -2.39. The molecule has 0 aliphatic carbocycles. The van der Waals surface area contributed by atoms with Crippen LogP contribution in [0.1, 0.15) is 24.1 Å². The number of allylic oxidation sites excluding steroid dienone is 1. The molecule has 2 aromatic heterocycles. The van der Waals surface area contributed by atoms with Crippen LogP contribution < -0.4 is 16.0 Å².